The van der Waals surface area contributed by atoms with E-state index in [1.54, 1.807) is 10.9 Å². The lowest BCUT2D eigenvalue weighted by Gasteiger charge is -1.98. The standard InChI is InChI=1S/C23H14N4OS/c24-14-16(23-25-19-9-4-5-11-21(19)29-23)13-17-15-27(18-7-2-1-3-8-18)26-22(17)20-10-6-12-28-20/h1-13,15H. The minimum atomic E-state index is 0.492. The molecule has 0 fully saturated rings. The van der Waals surface area contributed by atoms with E-state index in [1.807, 2.05) is 79.0 Å². The fourth-order valence-corrected chi connectivity index (χ4v) is 4.03. The van der Waals surface area contributed by atoms with Gasteiger partial charge >= 0.3 is 0 Å². The molecule has 0 radical (unpaired) electrons. The van der Waals surface area contributed by atoms with E-state index in [-0.39, 0.29) is 0 Å². The van der Waals surface area contributed by atoms with E-state index in [9.17, 15) is 5.26 Å². The van der Waals surface area contributed by atoms with Gasteiger partial charge in [0.2, 0.25) is 0 Å². The molecule has 0 bridgehead atoms. The van der Waals surface area contributed by atoms with Gasteiger partial charge in [0, 0.05) is 11.8 Å². The van der Waals surface area contributed by atoms with Crippen molar-refractivity contribution in [2.45, 2.75) is 0 Å². The summed E-state index contributed by atoms with van der Waals surface area (Å²) in [6, 6.07) is 23.7. The van der Waals surface area contributed by atoms with Crippen LogP contribution in [0.4, 0.5) is 0 Å². The minimum Gasteiger partial charge on any atom is -0.463 e. The zero-order chi connectivity index (χ0) is 19.6. The Morgan fingerprint density at radius 3 is 2.62 bits per heavy atom. The highest BCUT2D eigenvalue weighted by Crippen LogP contribution is 2.31. The zero-order valence-corrected chi connectivity index (χ0v) is 16.0. The molecule has 5 aromatic rings. The molecule has 0 amide bonds. The summed E-state index contributed by atoms with van der Waals surface area (Å²) >= 11 is 1.50. The molecule has 138 valence electrons. The molecule has 3 aromatic heterocycles. The van der Waals surface area contributed by atoms with E-state index >= 15 is 0 Å². The summed E-state index contributed by atoms with van der Waals surface area (Å²) in [4.78, 5) is 4.61. The average molecular weight is 394 g/mol. The van der Waals surface area contributed by atoms with Gasteiger partial charge in [0.05, 0.1) is 27.7 Å². The van der Waals surface area contributed by atoms with Gasteiger partial charge < -0.3 is 4.42 Å². The molecule has 0 spiro atoms. The maximum atomic E-state index is 9.81. The van der Waals surface area contributed by atoms with Crippen LogP contribution in [0, 0.1) is 11.3 Å². The van der Waals surface area contributed by atoms with Gasteiger partial charge in [0.1, 0.15) is 16.8 Å². The minimum absolute atomic E-state index is 0.492. The highest BCUT2D eigenvalue weighted by Gasteiger charge is 2.16. The Balaban J connectivity index is 1.65. The molecular weight excluding hydrogens is 380 g/mol. The Bertz CT molecular complexity index is 1320. The maximum absolute atomic E-state index is 9.81. The third kappa shape index (κ3) is 3.24. The summed E-state index contributed by atoms with van der Waals surface area (Å²) < 4.78 is 8.42. The van der Waals surface area contributed by atoms with Gasteiger partial charge in [-0.1, -0.05) is 30.3 Å². The first kappa shape index (κ1) is 17.2. The van der Waals surface area contributed by atoms with Crippen LogP contribution in [0.2, 0.25) is 0 Å². The fraction of sp³-hybridized carbons (Fsp3) is 0. The van der Waals surface area contributed by atoms with E-state index in [0.717, 1.165) is 21.5 Å². The topological polar surface area (TPSA) is 67.6 Å². The highest BCUT2D eigenvalue weighted by atomic mass is 32.1. The van der Waals surface area contributed by atoms with Crippen LogP contribution in [0.5, 0.6) is 0 Å². The van der Waals surface area contributed by atoms with Crippen LogP contribution in [-0.4, -0.2) is 14.8 Å². The van der Waals surface area contributed by atoms with E-state index in [4.69, 9.17) is 9.52 Å². The van der Waals surface area contributed by atoms with Crippen molar-refractivity contribution in [1.82, 2.24) is 14.8 Å². The Morgan fingerprint density at radius 1 is 1.03 bits per heavy atom. The molecule has 2 aromatic carbocycles. The Kier molecular flexibility index (Phi) is 4.28. The first-order valence-electron chi connectivity index (χ1n) is 8.98. The molecule has 29 heavy (non-hydrogen) atoms. The number of fused-ring (bicyclic) bond motifs is 1. The zero-order valence-electron chi connectivity index (χ0n) is 15.2. The number of nitriles is 1. The van der Waals surface area contributed by atoms with Gasteiger partial charge in [0.25, 0.3) is 0 Å². The van der Waals surface area contributed by atoms with Gasteiger partial charge in [-0.25, -0.2) is 9.67 Å². The van der Waals surface area contributed by atoms with Crippen LogP contribution in [0.1, 0.15) is 10.6 Å². The monoisotopic (exact) mass is 394 g/mol. The van der Waals surface area contributed by atoms with Crippen LogP contribution >= 0.6 is 11.3 Å². The second-order valence-corrected chi connectivity index (χ2v) is 7.38. The SMILES string of the molecule is N#CC(=Cc1cn(-c2ccccc2)nc1-c1ccco1)c1nc2ccccc2s1. The molecule has 5 nitrogen and oxygen atoms in total. The normalized spacial score (nSPS) is 11.6. The maximum Gasteiger partial charge on any atom is 0.154 e. The number of hydrogen-bond acceptors (Lipinski definition) is 5. The van der Waals surface area contributed by atoms with Gasteiger partial charge in [0.15, 0.2) is 5.76 Å². The number of para-hydroxylation sites is 2. The number of allylic oxidation sites excluding steroid dienone is 1. The van der Waals surface area contributed by atoms with Crippen molar-refractivity contribution in [2.75, 3.05) is 0 Å². The van der Waals surface area contributed by atoms with E-state index < -0.39 is 0 Å². The second kappa shape index (κ2) is 7.23. The molecule has 0 aliphatic heterocycles. The largest absolute Gasteiger partial charge is 0.463 e. The number of thiazole rings is 1. The third-order valence-electron chi connectivity index (χ3n) is 4.46. The van der Waals surface area contributed by atoms with Crippen LogP contribution in [-0.2, 0) is 0 Å². The molecule has 0 aliphatic rings. The van der Waals surface area contributed by atoms with E-state index in [0.29, 0.717) is 22.0 Å². The number of benzene rings is 2. The van der Waals surface area contributed by atoms with Crippen LogP contribution in [0.25, 0.3) is 39.0 Å². The van der Waals surface area contributed by atoms with Crippen molar-refractivity contribution in [1.29, 1.82) is 5.26 Å². The predicted octanol–water partition coefficient (Wildman–Crippen LogP) is 5.81. The summed E-state index contributed by atoms with van der Waals surface area (Å²) in [5, 5.41) is 15.2. The molecule has 0 unspecified atom stereocenters. The molecular formula is C23H14N4OS. The molecule has 3 heterocycles. The van der Waals surface area contributed by atoms with E-state index in [1.165, 1.54) is 11.3 Å². The molecule has 0 saturated carbocycles. The first-order valence-corrected chi connectivity index (χ1v) is 9.80. The fourth-order valence-electron chi connectivity index (χ4n) is 3.10. The number of nitrogens with zero attached hydrogens (tertiary/aromatic N) is 4. The summed E-state index contributed by atoms with van der Waals surface area (Å²) in [7, 11) is 0. The predicted molar refractivity (Wildman–Crippen MR) is 114 cm³/mol. The Labute approximate surface area is 170 Å². The van der Waals surface area contributed by atoms with Crippen molar-refractivity contribution in [3.8, 4) is 23.2 Å². The van der Waals surface area contributed by atoms with Gasteiger partial charge in [-0.15, -0.1) is 11.3 Å². The summed E-state index contributed by atoms with van der Waals surface area (Å²) in [6.45, 7) is 0. The molecule has 0 aliphatic carbocycles. The van der Waals surface area contributed by atoms with E-state index in [2.05, 4.69) is 11.1 Å². The lowest BCUT2D eigenvalue weighted by molar-refractivity contribution is 0.579. The number of furan rings is 1. The molecule has 0 atom stereocenters. The summed E-state index contributed by atoms with van der Waals surface area (Å²) in [5.74, 6) is 0.646. The Hall–Kier alpha value is -3.95. The summed E-state index contributed by atoms with van der Waals surface area (Å²) in [6.07, 6.45) is 5.34. The van der Waals surface area contributed by atoms with Crippen molar-refractivity contribution >= 4 is 33.2 Å². The summed E-state index contributed by atoms with van der Waals surface area (Å²) in [5.41, 5.74) is 3.78. The van der Waals surface area contributed by atoms with Gasteiger partial charge in [-0.3, -0.25) is 0 Å². The molecule has 5 rings (SSSR count). The third-order valence-corrected chi connectivity index (χ3v) is 5.53. The van der Waals surface area contributed by atoms with Gasteiger partial charge in [-0.05, 0) is 42.5 Å². The van der Waals surface area contributed by atoms with Gasteiger partial charge in [-0.2, -0.15) is 10.4 Å². The highest BCUT2D eigenvalue weighted by molar-refractivity contribution is 7.19. The molecule has 0 saturated heterocycles. The number of hydrogen-bond donors (Lipinski definition) is 0. The second-order valence-electron chi connectivity index (χ2n) is 6.35. The van der Waals surface area contributed by atoms with Crippen LogP contribution in [0.3, 0.4) is 0 Å². The quantitative estimate of drug-likeness (QED) is 0.361. The van der Waals surface area contributed by atoms with Crippen molar-refractivity contribution < 1.29 is 4.42 Å². The molecule has 6 heteroatoms. The van der Waals surface area contributed by atoms with Crippen LogP contribution in [0.15, 0.2) is 83.6 Å². The number of rotatable bonds is 4. The first-order chi connectivity index (χ1) is 14.3. The van der Waals surface area contributed by atoms with Crippen LogP contribution < -0.4 is 0 Å². The average Bonchev–Trinajstić information content (AvgIpc) is 3.51. The van der Waals surface area contributed by atoms with Crippen molar-refractivity contribution in [3.05, 3.63) is 89.8 Å². The lowest BCUT2D eigenvalue weighted by Crippen LogP contribution is -1.93. The molecule has 0 N–H and O–H groups in total. The van der Waals surface area contributed by atoms with Crippen molar-refractivity contribution in [2.24, 2.45) is 0 Å². The Morgan fingerprint density at radius 2 is 1.86 bits per heavy atom. The van der Waals surface area contributed by atoms with Crippen molar-refractivity contribution in [3.63, 3.8) is 0 Å². The lowest BCUT2D eigenvalue weighted by atomic mass is 10.1. The smallest absolute Gasteiger partial charge is 0.154 e. The number of aromatic nitrogens is 3.